The Hall–Kier alpha value is -1.13. The minimum absolute atomic E-state index is 0.441. The molecule has 0 bridgehead atoms. The van der Waals surface area contributed by atoms with Gasteiger partial charge in [-0.05, 0) is 36.8 Å². The molecule has 0 aliphatic carbocycles. The van der Waals surface area contributed by atoms with Crippen LogP contribution in [0.3, 0.4) is 0 Å². The van der Waals surface area contributed by atoms with E-state index in [1.165, 1.54) is 0 Å². The van der Waals surface area contributed by atoms with Crippen LogP contribution in [-0.2, 0) is 11.3 Å². The van der Waals surface area contributed by atoms with Crippen molar-refractivity contribution >= 4 is 40.5 Å². The number of rotatable bonds is 8. The lowest BCUT2D eigenvalue weighted by atomic mass is 10.2. The third-order valence-electron chi connectivity index (χ3n) is 3.12. The quantitative estimate of drug-likeness (QED) is 0.476. The molecule has 0 radical (unpaired) electrons. The van der Waals surface area contributed by atoms with Gasteiger partial charge in [0, 0.05) is 13.2 Å². The molecule has 23 heavy (non-hydrogen) atoms. The van der Waals surface area contributed by atoms with Crippen molar-refractivity contribution in [1.29, 1.82) is 0 Å². The number of hydrogen-bond donors (Lipinski definition) is 1. The van der Waals surface area contributed by atoms with E-state index in [1.54, 1.807) is 12.1 Å². The van der Waals surface area contributed by atoms with Crippen molar-refractivity contribution in [2.75, 3.05) is 25.1 Å². The van der Waals surface area contributed by atoms with Gasteiger partial charge in [0.25, 0.3) is 0 Å². The van der Waals surface area contributed by atoms with Crippen molar-refractivity contribution in [1.82, 2.24) is 0 Å². The Labute approximate surface area is 151 Å². The van der Waals surface area contributed by atoms with Crippen LogP contribution in [0.4, 0.5) is 5.69 Å². The number of hydrogen-bond acceptors (Lipinski definition) is 3. The van der Waals surface area contributed by atoms with Gasteiger partial charge in [-0.2, -0.15) is 0 Å². The molecule has 0 unspecified atom stereocenters. The van der Waals surface area contributed by atoms with E-state index in [2.05, 4.69) is 5.32 Å². The summed E-state index contributed by atoms with van der Waals surface area (Å²) in [4.78, 5) is 0. The van der Waals surface area contributed by atoms with E-state index in [9.17, 15) is 0 Å². The lowest BCUT2D eigenvalue weighted by molar-refractivity contribution is 0.110. The second kappa shape index (κ2) is 9.24. The van der Waals surface area contributed by atoms with Crippen molar-refractivity contribution in [2.24, 2.45) is 0 Å². The molecule has 6 heteroatoms. The van der Waals surface area contributed by atoms with Crippen LogP contribution < -0.4 is 10.1 Å². The lowest BCUT2D eigenvalue weighted by Gasteiger charge is -2.11. The van der Waals surface area contributed by atoms with E-state index in [-0.39, 0.29) is 0 Å². The summed E-state index contributed by atoms with van der Waals surface area (Å²) in [6, 6.07) is 11.2. The van der Waals surface area contributed by atoms with E-state index in [1.807, 2.05) is 31.2 Å². The highest BCUT2D eigenvalue weighted by atomic mass is 35.5. The Balaban J connectivity index is 1.88. The summed E-state index contributed by atoms with van der Waals surface area (Å²) >= 11 is 18.1. The highest BCUT2D eigenvalue weighted by Gasteiger charge is 2.06. The molecular formula is C17H18Cl3NO2. The van der Waals surface area contributed by atoms with Gasteiger partial charge in [0.1, 0.15) is 12.4 Å². The fourth-order valence-corrected chi connectivity index (χ4v) is 2.54. The van der Waals surface area contributed by atoms with E-state index in [0.717, 1.165) is 17.0 Å². The molecule has 3 nitrogen and oxygen atoms in total. The number of anilines is 1. The molecule has 0 fully saturated rings. The standard InChI is InChI=1S/C17H18Cl3NO2/c1-2-22-7-8-23-13-5-3-12(4-6-13)11-21-17-10-15(19)14(18)9-16(17)20/h3-6,9-10,21H,2,7-8,11H2,1H3. The number of benzene rings is 2. The summed E-state index contributed by atoms with van der Waals surface area (Å²) in [5.41, 5.74) is 1.85. The predicted octanol–water partition coefficient (Wildman–Crippen LogP) is 5.67. The third-order valence-corrected chi connectivity index (χ3v) is 4.15. The zero-order chi connectivity index (χ0) is 16.7. The van der Waals surface area contributed by atoms with Gasteiger partial charge >= 0.3 is 0 Å². The minimum Gasteiger partial charge on any atom is -0.491 e. The maximum atomic E-state index is 6.14. The summed E-state index contributed by atoms with van der Waals surface area (Å²) in [5.74, 6) is 0.820. The van der Waals surface area contributed by atoms with E-state index in [0.29, 0.717) is 41.4 Å². The summed E-state index contributed by atoms with van der Waals surface area (Å²) in [7, 11) is 0. The molecule has 0 saturated carbocycles. The first-order valence-corrected chi connectivity index (χ1v) is 8.41. The second-order valence-electron chi connectivity index (χ2n) is 4.79. The molecule has 2 aromatic rings. The molecule has 124 valence electrons. The SMILES string of the molecule is CCOCCOc1ccc(CNc2cc(Cl)c(Cl)cc2Cl)cc1. The van der Waals surface area contributed by atoms with Crippen molar-refractivity contribution < 1.29 is 9.47 Å². The molecule has 0 spiro atoms. The predicted molar refractivity (Wildman–Crippen MR) is 97.2 cm³/mol. The van der Waals surface area contributed by atoms with E-state index >= 15 is 0 Å². The fourth-order valence-electron chi connectivity index (χ4n) is 1.92. The summed E-state index contributed by atoms with van der Waals surface area (Å²) in [6.45, 7) is 4.42. The maximum absolute atomic E-state index is 6.14. The van der Waals surface area contributed by atoms with Crippen molar-refractivity contribution in [3.05, 3.63) is 57.0 Å². The zero-order valence-electron chi connectivity index (χ0n) is 12.7. The van der Waals surface area contributed by atoms with Crippen LogP contribution in [0.2, 0.25) is 15.1 Å². The van der Waals surface area contributed by atoms with Gasteiger partial charge in [0.15, 0.2) is 0 Å². The number of nitrogens with one attached hydrogen (secondary N) is 1. The van der Waals surface area contributed by atoms with Crippen LogP contribution in [0, 0.1) is 0 Å². The van der Waals surface area contributed by atoms with Crippen LogP contribution in [0.15, 0.2) is 36.4 Å². The zero-order valence-corrected chi connectivity index (χ0v) is 15.0. The first-order valence-electron chi connectivity index (χ1n) is 7.28. The summed E-state index contributed by atoms with van der Waals surface area (Å²) < 4.78 is 10.8. The normalized spacial score (nSPS) is 10.6. The largest absolute Gasteiger partial charge is 0.491 e. The van der Waals surface area contributed by atoms with E-state index < -0.39 is 0 Å². The number of ether oxygens (including phenoxy) is 2. The molecular weight excluding hydrogens is 357 g/mol. The average Bonchev–Trinajstić information content (AvgIpc) is 2.55. The second-order valence-corrected chi connectivity index (χ2v) is 6.01. The van der Waals surface area contributed by atoms with Gasteiger partial charge in [-0.3, -0.25) is 0 Å². The van der Waals surface area contributed by atoms with Gasteiger partial charge in [-0.1, -0.05) is 46.9 Å². The molecule has 0 atom stereocenters. The van der Waals surface area contributed by atoms with Gasteiger partial charge in [-0.15, -0.1) is 0 Å². The minimum atomic E-state index is 0.441. The maximum Gasteiger partial charge on any atom is 0.119 e. The Bertz CT molecular complexity index is 632. The average molecular weight is 375 g/mol. The molecule has 0 aliphatic rings. The molecule has 0 aliphatic heterocycles. The smallest absolute Gasteiger partial charge is 0.119 e. The van der Waals surface area contributed by atoms with Crippen LogP contribution in [0.25, 0.3) is 0 Å². The van der Waals surface area contributed by atoms with Gasteiger partial charge in [0.2, 0.25) is 0 Å². The molecule has 2 rings (SSSR count). The Kier molecular flexibility index (Phi) is 7.31. The van der Waals surface area contributed by atoms with Crippen molar-refractivity contribution in [3.8, 4) is 5.75 Å². The lowest BCUT2D eigenvalue weighted by Crippen LogP contribution is -2.06. The number of halogens is 3. The first kappa shape index (κ1) is 18.2. The Morgan fingerprint density at radius 2 is 1.61 bits per heavy atom. The van der Waals surface area contributed by atoms with Crippen LogP contribution in [-0.4, -0.2) is 19.8 Å². The highest BCUT2D eigenvalue weighted by molar-refractivity contribution is 6.44. The molecule has 0 amide bonds. The monoisotopic (exact) mass is 373 g/mol. The molecule has 0 heterocycles. The summed E-state index contributed by atoms with van der Waals surface area (Å²) in [5, 5.41) is 4.69. The molecule has 1 N–H and O–H groups in total. The fraction of sp³-hybridized carbons (Fsp3) is 0.294. The Morgan fingerprint density at radius 1 is 0.913 bits per heavy atom. The molecule has 0 aromatic heterocycles. The summed E-state index contributed by atoms with van der Waals surface area (Å²) in [6.07, 6.45) is 0. The molecule has 2 aromatic carbocycles. The first-order chi connectivity index (χ1) is 11.1. The van der Waals surface area contributed by atoms with Crippen molar-refractivity contribution in [3.63, 3.8) is 0 Å². The van der Waals surface area contributed by atoms with Gasteiger partial charge in [0.05, 0.1) is 27.4 Å². The third kappa shape index (κ3) is 5.78. The Morgan fingerprint density at radius 3 is 2.30 bits per heavy atom. The van der Waals surface area contributed by atoms with Crippen LogP contribution in [0.5, 0.6) is 5.75 Å². The van der Waals surface area contributed by atoms with Gasteiger partial charge < -0.3 is 14.8 Å². The van der Waals surface area contributed by atoms with Crippen LogP contribution >= 0.6 is 34.8 Å². The topological polar surface area (TPSA) is 30.5 Å². The van der Waals surface area contributed by atoms with Gasteiger partial charge in [-0.25, -0.2) is 0 Å². The highest BCUT2D eigenvalue weighted by Crippen LogP contribution is 2.32. The van der Waals surface area contributed by atoms with Crippen molar-refractivity contribution in [2.45, 2.75) is 13.5 Å². The van der Waals surface area contributed by atoms with E-state index in [4.69, 9.17) is 44.3 Å². The molecule has 0 saturated heterocycles. The van der Waals surface area contributed by atoms with Crippen LogP contribution in [0.1, 0.15) is 12.5 Å².